The van der Waals surface area contributed by atoms with Crippen molar-refractivity contribution in [3.05, 3.63) is 47.5 Å². The lowest BCUT2D eigenvalue weighted by Gasteiger charge is -2.22. The van der Waals surface area contributed by atoms with Crippen LogP contribution in [-0.4, -0.2) is 41.9 Å². The zero-order valence-corrected chi connectivity index (χ0v) is 15.4. The molecule has 1 amide bonds. The van der Waals surface area contributed by atoms with E-state index in [1.165, 1.54) is 35.0 Å². The Hall–Kier alpha value is -1.87. The number of aryl methyl sites for hydroxylation is 1. The molecule has 0 unspecified atom stereocenters. The predicted octanol–water partition coefficient (Wildman–Crippen LogP) is 3.84. The summed E-state index contributed by atoms with van der Waals surface area (Å²) in [6.45, 7) is 9.24. The second-order valence-corrected chi connectivity index (χ2v) is 7.88. The maximum Gasteiger partial charge on any atom is 0.219 e. The number of amides is 1. The molecule has 2 aliphatic heterocycles. The first-order valence-corrected chi connectivity index (χ1v) is 9.57. The molecule has 0 N–H and O–H groups in total. The van der Waals surface area contributed by atoms with Crippen molar-refractivity contribution < 1.29 is 4.79 Å². The molecule has 2 aromatic carbocycles. The molecule has 0 aliphatic carbocycles. The fourth-order valence-electron chi connectivity index (χ4n) is 4.77. The van der Waals surface area contributed by atoms with E-state index in [1.54, 1.807) is 6.92 Å². The van der Waals surface area contributed by atoms with Gasteiger partial charge in [-0.15, -0.1) is 0 Å². The fraction of sp³-hybridized carbons (Fsp3) is 0.500. The molecule has 0 radical (unpaired) electrons. The molecule has 0 aromatic heterocycles. The first kappa shape index (κ1) is 16.6. The lowest BCUT2D eigenvalue weighted by Crippen LogP contribution is -2.31. The molecule has 2 heterocycles. The largest absolute Gasteiger partial charge is 0.343 e. The summed E-state index contributed by atoms with van der Waals surface area (Å²) in [5, 5.41) is 2.74. The van der Waals surface area contributed by atoms with Crippen LogP contribution in [0.3, 0.4) is 0 Å². The zero-order valence-electron chi connectivity index (χ0n) is 15.4. The summed E-state index contributed by atoms with van der Waals surface area (Å²) in [6, 6.07) is 13.2. The van der Waals surface area contributed by atoms with Crippen LogP contribution in [0.15, 0.2) is 36.4 Å². The van der Waals surface area contributed by atoms with E-state index in [1.807, 2.05) is 4.90 Å². The lowest BCUT2D eigenvalue weighted by molar-refractivity contribution is -0.128. The van der Waals surface area contributed by atoms with Crippen LogP contribution in [0.2, 0.25) is 0 Å². The number of carbonyl (C=O) groups is 1. The van der Waals surface area contributed by atoms with Gasteiger partial charge in [-0.3, -0.25) is 9.69 Å². The third-order valence-electron chi connectivity index (χ3n) is 6.29. The number of nitrogens with zero attached hydrogens (tertiary/aromatic N) is 2. The monoisotopic (exact) mass is 336 g/mol. The van der Waals surface area contributed by atoms with Gasteiger partial charge in [0.25, 0.3) is 0 Å². The van der Waals surface area contributed by atoms with Crippen LogP contribution in [-0.2, 0) is 11.3 Å². The first-order chi connectivity index (χ1) is 12.1. The van der Waals surface area contributed by atoms with E-state index < -0.39 is 0 Å². The average Bonchev–Trinajstić information content (AvgIpc) is 2.88. The average molecular weight is 336 g/mol. The van der Waals surface area contributed by atoms with E-state index in [0.717, 1.165) is 44.3 Å². The zero-order chi connectivity index (χ0) is 17.4. The third-order valence-corrected chi connectivity index (χ3v) is 6.29. The maximum atomic E-state index is 11.7. The fourth-order valence-corrected chi connectivity index (χ4v) is 4.77. The van der Waals surface area contributed by atoms with Crippen LogP contribution in [0.1, 0.15) is 30.9 Å². The van der Waals surface area contributed by atoms with Gasteiger partial charge in [-0.1, -0.05) is 36.4 Å². The molecule has 0 spiro atoms. The molecular formula is C22H28N2O. The normalized spacial score (nSPS) is 24.3. The SMILES string of the molecule is CC(=O)N1CC[C@@H]2CN(Cc3c(C)ccc4ccccc34)C[C@@H]2CC1. The molecule has 3 nitrogen and oxygen atoms in total. The van der Waals surface area contributed by atoms with Crippen molar-refractivity contribution in [1.29, 1.82) is 0 Å². The standard InChI is InChI=1S/C22H28N2O/c1-16-7-8-18-5-3-4-6-21(18)22(16)15-23-13-19-9-11-24(17(2)25)12-10-20(19)14-23/h3-8,19-20H,9-15H2,1-2H3/t19-,20+. The van der Waals surface area contributed by atoms with Crippen LogP contribution < -0.4 is 0 Å². The van der Waals surface area contributed by atoms with Crippen molar-refractivity contribution in [2.75, 3.05) is 26.2 Å². The molecule has 2 aromatic rings. The highest BCUT2D eigenvalue weighted by Gasteiger charge is 2.35. The Bertz CT molecular complexity index is 769. The summed E-state index contributed by atoms with van der Waals surface area (Å²) >= 11 is 0. The van der Waals surface area contributed by atoms with Gasteiger partial charge in [0.2, 0.25) is 5.91 Å². The second-order valence-electron chi connectivity index (χ2n) is 7.88. The molecule has 0 saturated carbocycles. The van der Waals surface area contributed by atoms with Gasteiger partial charge in [-0.05, 0) is 53.5 Å². The number of hydrogen-bond donors (Lipinski definition) is 0. The van der Waals surface area contributed by atoms with E-state index in [-0.39, 0.29) is 5.91 Å². The summed E-state index contributed by atoms with van der Waals surface area (Å²) in [6.07, 6.45) is 2.32. The first-order valence-electron chi connectivity index (χ1n) is 9.57. The quantitative estimate of drug-likeness (QED) is 0.832. The molecule has 3 heteroatoms. The summed E-state index contributed by atoms with van der Waals surface area (Å²) in [7, 11) is 0. The van der Waals surface area contributed by atoms with E-state index in [4.69, 9.17) is 0 Å². The minimum atomic E-state index is 0.239. The molecule has 2 atom stereocenters. The second kappa shape index (κ2) is 6.80. The van der Waals surface area contributed by atoms with E-state index in [9.17, 15) is 4.79 Å². The van der Waals surface area contributed by atoms with Gasteiger partial charge in [-0.25, -0.2) is 0 Å². The molecule has 0 bridgehead atoms. The Labute approximate surface area is 150 Å². The van der Waals surface area contributed by atoms with Crippen LogP contribution >= 0.6 is 0 Å². The Kier molecular flexibility index (Phi) is 4.51. The maximum absolute atomic E-state index is 11.7. The smallest absolute Gasteiger partial charge is 0.219 e. The number of benzene rings is 2. The number of hydrogen-bond acceptors (Lipinski definition) is 2. The van der Waals surface area contributed by atoms with Crippen LogP contribution in [0.5, 0.6) is 0 Å². The van der Waals surface area contributed by atoms with Crippen molar-refractivity contribution in [2.45, 2.75) is 33.2 Å². The van der Waals surface area contributed by atoms with Crippen LogP contribution in [0.4, 0.5) is 0 Å². The topological polar surface area (TPSA) is 23.6 Å². The Balaban J connectivity index is 1.49. The molecule has 2 aliphatic rings. The Morgan fingerprint density at radius 2 is 1.72 bits per heavy atom. The van der Waals surface area contributed by atoms with Gasteiger partial charge in [0.1, 0.15) is 0 Å². The predicted molar refractivity (Wildman–Crippen MR) is 102 cm³/mol. The van der Waals surface area contributed by atoms with E-state index in [0.29, 0.717) is 0 Å². The highest BCUT2D eigenvalue weighted by atomic mass is 16.2. The van der Waals surface area contributed by atoms with Crippen LogP contribution in [0.25, 0.3) is 10.8 Å². The summed E-state index contributed by atoms with van der Waals surface area (Å²) in [5.41, 5.74) is 2.88. The molecule has 2 saturated heterocycles. The van der Waals surface area contributed by atoms with Gasteiger partial charge >= 0.3 is 0 Å². The summed E-state index contributed by atoms with van der Waals surface area (Å²) < 4.78 is 0. The Morgan fingerprint density at radius 1 is 1.04 bits per heavy atom. The van der Waals surface area contributed by atoms with Crippen molar-refractivity contribution in [3.63, 3.8) is 0 Å². The minimum absolute atomic E-state index is 0.239. The van der Waals surface area contributed by atoms with Gasteiger partial charge in [0, 0.05) is 39.6 Å². The summed E-state index contributed by atoms with van der Waals surface area (Å²) in [5.74, 6) is 1.74. The van der Waals surface area contributed by atoms with E-state index in [2.05, 4.69) is 48.2 Å². The molecular weight excluding hydrogens is 308 g/mol. The van der Waals surface area contributed by atoms with E-state index >= 15 is 0 Å². The number of carbonyl (C=O) groups excluding carboxylic acids is 1. The van der Waals surface area contributed by atoms with Gasteiger partial charge < -0.3 is 4.90 Å². The highest BCUT2D eigenvalue weighted by Crippen LogP contribution is 2.34. The minimum Gasteiger partial charge on any atom is -0.343 e. The van der Waals surface area contributed by atoms with Crippen molar-refractivity contribution in [2.24, 2.45) is 11.8 Å². The number of fused-ring (bicyclic) bond motifs is 2. The number of rotatable bonds is 2. The van der Waals surface area contributed by atoms with Crippen molar-refractivity contribution in [1.82, 2.24) is 9.80 Å². The molecule has 132 valence electrons. The highest BCUT2D eigenvalue weighted by molar-refractivity contribution is 5.86. The molecule has 25 heavy (non-hydrogen) atoms. The van der Waals surface area contributed by atoms with Crippen molar-refractivity contribution >= 4 is 16.7 Å². The number of likely N-dealkylation sites (tertiary alicyclic amines) is 2. The van der Waals surface area contributed by atoms with Gasteiger partial charge in [-0.2, -0.15) is 0 Å². The van der Waals surface area contributed by atoms with Crippen LogP contribution in [0, 0.1) is 18.8 Å². The molecule has 4 rings (SSSR count). The third kappa shape index (κ3) is 3.30. The summed E-state index contributed by atoms with van der Waals surface area (Å²) in [4.78, 5) is 16.3. The lowest BCUT2D eigenvalue weighted by atomic mass is 9.92. The Morgan fingerprint density at radius 3 is 2.40 bits per heavy atom. The van der Waals surface area contributed by atoms with Crippen molar-refractivity contribution in [3.8, 4) is 0 Å². The van der Waals surface area contributed by atoms with Gasteiger partial charge in [0.15, 0.2) is 0 Å². The molecule has 2 fully saturated rings. The van der Waals surface area contributed by atoms with Gasteiger partial charge in [0.05, 0.1) is 0 Å².